The second-order valence-corrected chi connectivity index (χ2v) is 10.6. The van der Waals surface area contributed by atoms with Gasteiger partial charge in [-0.25, -0.2) is 4.79 Å². The predicted molar refractivity (Wildman–Crippen MR) is 158 cm³/mol. The number of carbonyl (C=O) groups is 2. The highest BCUT2D eigenvalue weighted by molar-refractivity contribution is 7.22. The maximum absolute atomic E-state index is 13.7. The lowest BCUT2D eigenvalue weighted by Crippen LogP contribution is -2.24. The highest BCUT2D eigenvalue weighted by Crippen LogP contribution is 2.38. The molecule has 204 valence electrons. The number of benzene rings is 3. The molecule has 0 bridgehead atoms. The fourth-order valence-corrected chi connectivity index (χ4v) is 5.70. The van der Waals surface area contributed by atoms with Crippen molar-refractivity contribution in [3.8, 4) is 11.8 Å². The molecule has 0 aliphatic carbocycles. The molecule has 1 atom stereocenters. The van der Waals surface area contributed by atoms with E-state index in [-0.39, 0.29) is 30.8 Å². The number of anilines is 1. The zero-order valence-corrected chi connectivity index (χ0v) is 22.5. The van der Waals surface area contributed by atoms with Crippen LogP contribution in [0.4, 0.5) is 5.00 Å². The van der Waals surface area contributed by atoms with E-state index in [1.165, 1.54) is 15.9 Å². The van der Waals surface area contributed by atoms with Crippen molar-refractivity contribution in [2.75, 3.05) is 5.32 Å². The SMILES string of the molecule is O=C(OCc1ccc([C@@H](Cn2c(O)c3ccccc3c2O)C(=O)Nc2cc3ccncc3s2)cc1)c1ccccc1. The maximum Gasteiger partial charge on any atom is 0.338 e. The number of nitrogens with one attached hydrogen (secondary N) is 1. The highest BCUT2D eigenvalue weighted by Gasteiger charge is 2.26. The zero-order valence-electron chi connectivity index (χ0n) is 21.7. The summed E-state index contributed by atoms with van der Waals surface area (Å²) in [6.45, 7) is 0.0677. The molecule has 6 aromatic rings. The minimum absolute atomic E-state index is 0.00697. The van der Waals surface area contributed by atoms with E-state index < -0.39 is 11.9 Å². The molecule has 1 amide bonds. The van der Waals surface area contributed by atoms with E-state index in [4.69, 9.17) is 4.74 Å². The van der Waals surface area contributed by atoms with Crippen LogP contribution in [0.1, 0.15) is 27.4 Å². The largest absolute Gasteiger partial charge is 0.494 e. The number of fused-ring (bicyclic) bond motifs is 2. The minimum Gasteiger partial charge on any atom is -0.494 e. The van der Waals surface area contributed by atoms with Crippen molar-refractivity contribution < 1.29 is 24.5 Å². The number of aromatic nitrogens is 2. The molecule has 3 aromatic heterocycles. The fourth-order valence-electron chi connectivity index (χ4n) is 4.77. The highest BCUT2D eigenvalue weighted by atomic mass is 32.1. The number of rotatable bonds is 8. The van der Waals surface area contributed by atoms with E-state index in [2.05, 4.69) is 10.3 Å². The van der Waals surface area contributed by atoms with Gasteiger partial charge in [-0.15, -0.1) is 11.3 Å². The first kappa shape index (κ1) is 26.1. The molecule has 3 N–H and O–H groups in total. The van der Waals surface area contributed by atoms with Crippen LogP contribution in [0.25, 0.3) is 20.9 Å². The Labute approximate surface area is 239 Å². The number of amides is 1. The van der Waals surface area contributed by atoms with Gasteiger partial charge >= 0.3 is 5.97 Å². The first-order valence-electron chi connectivity index (χ1n) is 12.9. The van der Waals surface area contributed by atoms with Gasteiger partial charge in [0, 0.05) is 29.7 Å². The van der Waals surface area contributed by atoms with Crippen molar-refractivity contribution in [2.24, 2.45) is 0 Å². The molecule has 0 aliphatic rings. The van der Waals surface area contributed by atoms with E-state index in [1.54, 1.807) is 85.2 Å². The van der Waals surface area contributed by atoms with Crippen molar-refractivity contribution in [3.63, 3.8) is 0 Å². The quantitative estimate of drug-likeness (QED) is 0.184. The summed E-state index contributed by atoms with van der Waals surface area (Å²) in [5, 5.41) is 27.5. The molecule has 3 heterocycles. The average Bonchev–Trinajstić information content (AvgIpc) is 3.52. The molecule has 0 radical (unpaired) electrons. The van der Waals surface area contributed by atoms with Crippen LogP contribution in [0, 0.1) is 0 Å². The van der Waals surface area contributed by atoms with Gasteiger partial charge in [0.05, 0.1) is 21.2 Å². The van der Waals surface area contributed by atoms with Gasteiger partial charge in [0.15, 0.2) is 0 Å². The van der Waals surface area contributed by atoms with Gasteiger partial charge < -0.3 is 20.3 Å². The van der Waals surface area contributed by atoms with Crippen molar-refractivity contribution in [2.45, 2.75) is 19.1 Å². The summed E-state index contributed by atoms with van der Waals surface area (Å²) in [5.41, 5.74) is 1.89. The van der Waals surface area contributed by atoms with Gasteiger partial charge in [-0.05, 0) is 52.9 Å². The second-order valence-electron chi connectivity index (χ2n) is 9.55. The molecule has 9 heteroatoms. The van der Waals surface area contributed by atoms with Crippen molar-refractivity contribution in [1.82, 2.24) is 9.55 Å². The van der Waals surface area contributed by atoms with Gasteiger partial charge in [-0.2, -0.15) is 0 Å². The maximum atomic E-state index is 13.7. The van der Waals surface area contributed by atoms with Gasteiger partial charge in [0.25, 0.3) is 0 Å². The lowest BCUT2D eigenvalue weighted by molar-refractivity contribution is -0.117. The van der Waals surface area contributed by atoms with Gasteiger partial charge in [0.2, 0.25) is 17.7 Å². The van der Waals surface area contributed by atoms with Crippen LogP contribution in [0.2, 0.25) is 0 Å². The molecular weight excluding hydrogens is 538 g/mol. The summed E-state index contributed by atoms with van der Waals surface area (Å²) in [6.07, 6.45) is 3.45. The zero-order chi connectivity index (χ0) is 28.3. The molecule has 41 heavy (non-hydrogen) atoms. The Kier molecular flexibility index (Phi) is 7.09. The van der Waals surface area contributed by atoms with E-state index in [9.17, 15) is 19.8 Å². The standard InChI is InChI=1S/C32H25N3O5S/c36-29(34-28-16-23-14-15-33-17-27(23)41-28)26(18-35-30(37)24-8-4-5-9-25(24)31(35)38)21-12-10-20(11-13-21)19-40-32(39)22-6-2-1-3-7-22/h1-17,26,37-38H,18-19H2,(H,34,36)/t26-/m1/s1. The Bertz CT molecular complexity index is 1790. The number of esters is 1. The third kappa shape index (κ3) is 5.35. The molecule has 6 rings (SSSR count). The number of hydrogen-bond donors (Lipinski definition) is 3. The number of pyridine rings is 1. The summed E-state index contributed by atoms with van der Waals surface area (Å²) in [6, 6.07) is 26.7. The van der Waals surface area contributed by atoms with Crippen LogP contribution in [0.5, 0.6) is 11.8 Å². The Hall–Kier alpha value is -5.15. The van der Waals surface area contributed by atoms with E-state index >= 15 is 0 Å². The Morgan fingerprint density at radius 1 is 0.902 bits per heavy atom. The number of carbonyl (C=O) groups excluding carboxylic acids is 2. The number of nitrogens with zero attached hydrogens (tertiary/aromatic N) is 2. The van der Waals surface area contributed by atoms with Crippen LogP contribution < -0.4 is 5.32 Å². The summed E-state index contributed by atoms with van der Waals surface area (Å²) in [4.78, 5) is 30.2. The smallest absolute Gasteiger partial charge is 0.338 e. The van der Waals surface area contributed by atoms with Crippen LogP contribution >= 0.6 is 11.3 Å². The molecule has 8 nitrogen and oxygen atoms in total. The molecule has 0 aliphatic heterocycles. The molecule has 0 unspecified atom stereocenters. The average molecular weight is 564 g/mol. The lowest BCUT2D eigenvalue weighted by atomic mass is 9.96. The second kappa shape index (κ2) is 11.1. The van der Waals surface area contributed by atoms with Crippen LogP contribution in [-0.4, -0.2) is 31.6 Å². The Morgan fingerprint density at radius 2 is 1.59 bits per heavy atom. The van der Waals surface area contributed by atoms with E-state index in [0.29, 0.717) is 26.9 Å². The summed E-state index contributed by atoms with van der Waals surface area (Å²) in [7, 11) is 0. The van der Waals surface area contributed by atoms with E-state index in [0.717, 1.165) is 15.6 Å². The van der Waals surface area contributed by atoms with Gasteiger partial charge in [-0.3, -0.25) is 14.3 Å². The van der Waals surface area contributed by atoms with Crippen molar-refractivity contribution >= 4 is 49.1 Å². The Morgan fingerprint density at radius 3 is 2.27 bits per heavy atom. The third-order valence-electron chi connectivity index (χ3n) is 6.93. The normalized spacial score (nSPS) is 11.9. The molecule has 3 aromatic carbocycles. The van der Waals surface area contributed by atoms with Crippen LogP contribution in [0.15, 0.2) is 103 Å². The monoisotopic (exact) mass is 563 g/mol. The van der Waals surface area contributed by atoms with E-state index in [1.807, 2.05) is 18.2 Å². The number of hydrogen-bond acceptors (Lipinski definition) is 7. The minimum atomic E-state index is -0.766. The van der Waals surface area contributed by atoms with Gasteiger partial charge in [0.1, 0.15) is 6.61 Å². The molecule has 0 fully saturated rings. The van der Waals surface area contributed by atoms with Crippen molar-refractivity contribution in [3.05, 3.63) is 120 Å². The predicted octanol–water partition coefficient (Wildman–Crippen LogP) is 6.44. The van der Waals surface area contributed by atoms with Crippen LogP contribution in [-0.2, 0) is 22.7 Å². The van der Waals surface area contributed by atoms with Crippen molar-refractivity contribution in [1.29, 1.82) is 0 Å². The number of ether oxygens (including phenoxy) is 1. The first-order chi connectivity index (χ1) is 20.0. The van der Waals surface area contributed by atoms with Crippen LogP contribution in [0.3, 0.4) is 0 Å². The third-order valence-corrected chi connectivity index (χ3v) is 7.93. The first-order valence-corrected chi connectivity index (χ1v) is 13.7. The Balaban J connectivity index is 1.27. The fraction of sp³-hybridized carbons (Fsp3) is 0.0938. The topological polar surface area (TPSA) is 114 Å². The lowest BCUT2D eigenvalue weighted by Gasteiger charge is -2.19. The number of aromatic hydroxyl groups is 2. The molecular formula is C32H25N3O5S. The summed E-state index contributed by atoms with van der Waals surface area (Å²) >= 11 is 1.42. The molecule has 0 saturated heterocycles. The molecule has 0 saturated carbocycles. The molecule has 0 spiro atoms. The summed E-state index contributed by atoms with van der Waals surface area (Å²) in [5.74, 6) is -1.72. The van der Waals surface area contributed by atoms with Gasteiger partial charge in [-0.1, -0.05) is 54.6 Å². The summed E-state index contributed by atoms with van der Waals surface area (Å²) < 4.78 is 7.73. The number of thiophene rings is 1.